The molecular weight excluding hydrogens is 320 g/mol. The van der Waals surface area contributed by atoms with Crippen LogP contribution in [-0.2, 0) is 9.59 Å². The van der Waals surface area contributed by atoms with Crippen molar-refractivity contribution in [3.05, 3.63) is 36.2 Å². The summed E-state index contributed by atoms with van der Waals surface area (Å²) in [5.74, 6) is 0.894. The third-order valence-electron chi connectivity index (χ3n) is 4.84. The Kier molecular flexibility index (Phi) is 4.21. The minimum absolute atomic E-state index is 0.0463. The Morgan fingerprint density at radius 1 is 1.20 bits per heavy atom. The number of benzene rings is 1. The van der Waals surface area contributed by atoms with E-state index < -0.39 is 6.04 Å². The molecule has 2 amide bonds. The lowest BCUT2D eigenvalue weighted by atomic mass is 10.0. The van der Waals surface area contributed by atoms with Gasteiger partial charge in [-0.15, -0.1) is 0 Å². The van der Waals surface area contributed by atoms with Crippen LogP contribution in [0, 0.1) is 0 Å². The average Bonchev–Trinajstić information content (AvgIpc) is 3.31. The minimum atomic E-state index is -0.426. The van der Waals surface area contributed by atoms with E-state index in [4.69, 9.17) is 4.52 Å². The Balaban J connectivity index is 1.56. The van der Waals surface area contributed by atoms with Gasteiger partial charge in [-0.3, -0.25) is 9.59 Å². The topological polar surface area (TPSA) is 88.3 Å². The number of carbonyl (C=O) groups is 2. The van der Waals surface area contributed by atoms with Crippen LogP contribution in [0.5, 0.6) is 0 Å². The first kappa shape index (κ1) is 15.8. The number of hydrogen-bond donors (Lipinski definition) is 1. The summed E-state index contributed by atoms with van der Waals surface area (Å²) in [6.45, 7) is 0.652. The maximum atomic E-state index is 12.8. The van der Waals surface area contributed by atoms with Crippen LogP contribution in [-0.4, -0.2) is 39.4 Å². The maximum Gasteiger partial charge on any atom is 0.249 e. The predicted molar refractivity (Wildman–Crippen MR) is 89.2 cm³/mol. The van der Waals surface area contributed by atoms with Gasteiger partial charge in [0.2, 0.25) is 23.5 Å². The van der Waals surface area contributed by atoms with E-state index in [0.29, 0.717) is 31.1 Å². The summed E-state index contributed by atoms with van der Waals surface area (Å²) in [5.41, 5.74) is 0.884. The van der Waals surface area contributed by atoms with Gasteiger partial charge in [0.15, 0.2) is 0 Å². The SMILES string of the molecule is O=C1CC[C@@H](C(=O)N2CCCC[C@H]2c2nc(-c3ccccc3)no2)N1. The van der Waals surface area contributed by atoms with Crippen molar-refractivity contribution in [3.8, 4) is 11.4 Å². The van der Waals surface area contributed by atoms with Crippen LogP contribution in [0.4, 0.5) is 0 Å². The summed E-state index contributed by atoms with van der Waals surface area (Å²) >= 11 is 0. The van der Waals surface area contributed by atoms with Gasteiger partial charge in [0, 0.05) is 18.5 Å². The summed E-state index contributed by atoms with van der Waals surface area (Å²) in [6.07, 6.45) is 3.72. The van der Waals surface area contributed by atoms with E-state index in [9.17, 15) is 9.59 Å². The molecule has 7 heteroatoms. The number of rotatable bonds is 3. The van der Waals surface area contributed by atoms with Crippen LogP contribution in [0.15, 0.2) is 34.9 Å². The quantitative estimate of drug-likeness (QED) is 0.924. The molecule has 2 fully saturated rings. The zero-order valence-electron chi connectivity index (χ0n) is 13.9. The molecule has 130 valence electrons. The summed E-state index contributed by atoms with van der Waals surface area (Å²) in [4.78, 5) is 30.6. The van der Waals surface area contributed by atoms with E-state index >= 15 is 0 Å². The second kappa shape index (κ2) is 6.66. The van der Waals surface area contributed by atoms with E-state index in [1.165, 1.54) is 0 Å². The van der Waals surface area contributed by atoms with Crippen molar-refractivity contribution in [3.63, 3.8) is 0 Å². The molecule has 0 radical (unpaired) electrons. The Morgan fingerprint density at radius 3 is 2.80 bits per heavy atom. The average molecular weight is 340 g/mol. The highest BCUT2D eigenvalue weighted by molar-refractivity contribution is 5.91. The molecule has 0 aliphatic carbocycles. The van der Waals surface area contributed by atoms with Gasteiger partial charge in [-0.1, -0.05) is 35.5 Å². The molecule has 2 atom stereocenters. The number of nitrogens with one attached hydrogen (secondary N) is 1. The number of hydrogen-bond acceptors (Lipinski definition) is 5. The van der Waals surface area contributed by atoms with Crippen molar-refractivity contribution in [1.29, 1.82) is 0 Å². The van der Waals surface area contributed by atoms with Gasteiger partial charge in [0.25, 0.3) is 0 Å². The van der Waals surface area contributed by atoms with Crippen LogP contribution in [0.2, 0.25) is 0 Å². The molecule has 4 rings (SSSR count). The minimum Gasteiger partial charge on any atom is -0.344 e. The molecule has 2 aliphatic rings. The highest BCUT2D eigenvalue weighted by atomic mass is 16.5. The van der Waals surface area contributed by atoms with E-state index in [0.717, 1.165) is 24.8 Å². The molecule has 7 nitrogen and oxygen atoms in total. The molecule has 2 aromatic rings. The molecule has 2 saturated heterocycles. The largest absolute Gasteiger partial charge is 0.344 e. The van der Waals surface area contributed by atoms with Gasteiger partial charge in [0.1, 0.15) is 12.1 Å². The van der Waals surface area contributed by atoms with Crippen LogP contribution >= 0.6 is 0 Å². The number of amides is 2. The predicted octanol–water partition coefficient (Wildman–Crippen LogP) is 2.07. The molecule has 2 aliphatic heterocycles. The molecule has 1 aromatic carbocycles. The Morgan fingerprint density at radius 2 is 2.04 bits per heavy atom. The maximum absolute atomic E-state index is 12.8. The van der Waals surface area contributed by atoms with Crippen molar-refractivity contribution >= 4 is 11.8 Å². The molecule has 1 N–H and O–H groups in total. The molecule has 0 saturated carbocycles. The van der Waals surface area contributed by atoms with Gasteiger partial charge in [-0.2, -0.15) is 4.98 Å². The third kappa shape index (κ3) is 3.14. The first-order valence-electron chi connectivity index (χ1n) is 8.71. The van der Waals surface area contributed by atoms with Gasteiger partial charge in [0.05, 0.1) is 0 Å². The molecule has 3 heterocycles. The van der Waals surface area contributed by atoms with E-state index in [1.807, 2.05) is 30.3 Å². The first-order valence-corrected chi connectivity index (χ1v) is 8.71. The van der Waals surface area contributed by atoms with Gasteiger partial charge < -0.3 is 14.7 Å². The Labute approximate surface area is 145 Å². The van der Waals surface area contributed by atoms with Crippen LogP contribution in [0.1, 0.15) is 44.0 Å². The fourth-order valence-electron chi connectivity index (χ4n) is 3.53. The first-order chi connectivity index (χ1) is 12.2. The van der Waals surface area contributed by atoms with Crippen LogP contribution in [0.25, 0.3) is 11.4 Å². The molecule has 0 bridgehead atoms. The summed E-state index contributed by atoms with van der Waals surface area (Å²) < 4.78 is 5.48. The highest BCUT2D eigenvalue weighted by Crippen LogP contribution is 2.32. The third-order valence-corrected chi connectivity index (χ3v) is 4.84. The van der Waals surface area contributed by atoms with Crippen LogP contribution < -0.4 is 5.32 Å². The number of piperidine rings is 1. The summed E-state index contributed by atoms with van der Waals surface area (Å²) in [7, 11) is 0. The molecule has 0 unspecified atom stereocenters. The zero-order valence-corrected chi connectivity index (χ0v) is 13.9. The zero-order chi connectivity index (χ0) is 17.2. The van der Waals surface area contributed by atoms with E-state index in [-0.39, 0.29) is 17.9 Å². The lowest BCUT2D eigenvalue weighted by molar-refractivity contribution is -0.138. The molecule has 0 spiro atoms. The standard InChI is InChI=1S/C18H20N4O3/c23-15-10-9-13(19-15)18(24)22-11-5-4-8-14(22)17-20-16(21-25-17)12-6-2-1-3-7-12/h1-3,6-7,13-14H,4-5,8-11H2,(H,19,23)/t13-,14-/m0/s1. The number of aromatic nitrogens is 2. The summed E-state index contributed by atoms with van der Waals surface area (Å²) in [6, 6.07) is 8.98. The van der Waals surface area contributed by atoms with Crippen molar-refractivity contribution in [2.75, 3.05) is 6.54 Å². The number of carbonyl (C=O) groups excluding carboxylic acids is 2. The Hall–Kier alpha value is -2.70. The molecule has 25 heavy (non-hydrogen) atoms. The van der Waals surface area contributed by atoms with Crippen molar-refractivity contribution in [1.82, 2.24) is 20.4 Å². The number of likely N-dealkylation sites (tertiary alicyclic amines) is 1. The Bertz CT molecular complexity index is 774. The fraction of sp³-hybridized carbons (Fsp3) is 0.444. The highest BCUT2D eigenvalue weighted by Gasteiger charge is 2.37. The smallest absolute Gasteiger partial charge is 0.249 e. The lowest BCUT2D eigenvalue weighted by Crippen LogP contribution is -2.47. The fourth-order valence-corrected chi connectivity index (χ4v) is 3.53. The summed E-state index contributed by atoms with van der Waals surface area (Å²) in [5, 5.41) is 6.83. The van der Waals surface area contributed by atoms with Gasteiger partial charge in [-0.25, -0.2) is 0 Å². The number of nitrogens with zero attached hydrogens (tertiary/aromatic N) is 3. The van der Waals surface area contributed by atoms with Crippen LogP contribution in [0.3, 0.4) is 0 Å². The molecular formula is C18H20N4O3. The van der Waals surface area contributed by atoms with E-state index in [1.54, 1.807) is 4.90 Å². The molecule has 1 aromatic heterocycles. The van der Waals surface area contributed by atoms with Gasteiger partial charge in [-0.05, 0) is 25.7 Å². The monoisotopic (exact) mass is 340 g/mol. The second-order valence-electron chi connectivity index (χ2n) is 6.52. The van der Waals surface area contributed by atoms with Crippen molar-refractivity contribution in [2.24, 2.45) is 0 Å². The lowest BCUT2D eigenvalue weighted by Gasteiger charge is -2.35. The second-order valence-corrected chi connectivity index (χ2v) is 6.52. The normalized spacial score (nSPS) is 23.5. The van der Waals surface area contributed by atoms with E-state index in [2.05, 4.69) is 15.5 Å². The van der Waals surface area contributed by atoms with Crippen molar-refractivity contribution < 1.29 is 14.1 Å². The van der Waals surface area contributed by atoms with Crippen molar-refractivity contribution in [2.45, 2.75) is 44.2 Å². The van der Waals surface area contributed by atoms with Gasteiger partial charge >= 0.3 is 0 Å².